The summed E-state index contributed by atoms with van der Waals surface area (Å²) in [6.45, 7) is 2.17. The molecule has 2 fully saturated rings. The van der Waals surface area contributed by atoms with Gasteiger partial charge >= 0.3 is 6.09 Å². The number of carbonyl (C=O) groups is 1. The molecular formula is C14H18FN3O2. The molecule has 0 bridgehead atoms. The zero-order valence-corrected chi connectivity index (χ0v) is 11.4. The second kappa shape index (κ2) is 5.28. The number of rotatable bonds is 3. The highest BCUT2D eigenvalue weighted by Gasteiger charge is 2.31. The van der Waals surface area contributed by atoms with E-state index < -0.39 is 6.09 Å². The Kier molecular flexibility index (Phi) is 3.48. The van der Waals surface area contributed by atoms with Gasteiger partial charge in [0, 0.05) is 13.1 Å². The fraction of sp³-hybridized carbons (Fsp3) is 0.500. The summed E-state index contributed by atoms with van der Waals surface area (Å²) in [6, 6.07) is 4.93. The van der Waals surface area contributed by atoms with Gasteiger partial charge in [0.15, 0.2) is 6.23 Å². The van der Waals surface area contributed by atoms with Gasteiger partial charge in [-0.2, -0.15) is 0 Å². The van der Waals surface area contributed by atoms with Crippen LogP contribution in [-0.4, -0.2) is 39.0 Å². The Bertz CT molecular complexity index is 517. The second-order valence-electron chi connectivity index (χ2n) is 5.10. The zero-order valence-electron chi connectivity index (χ0n) is 11.4. The number of hydrogen-bond donors (Lipinski definition) is 1. The number of hydrogen-bond acceptors (Lipinski definition) is 4. The quantitative estimate of drug-likeness (QED) is 0.918. The van der Waals surface area contributed by atoms with E-state index in [4.69, 9.17) is 4.74 Å². The van der Waals surface area contributed by atoms with E-state index in [0.29, 0.717) is 17.9 Å². The van der Waals surface area contributed by atoms with Gasteiger partial charge in [0.2, 0.25) is 0 Å². The van der Waals surface area contributed by atoms with Crippen molar-refractivity contribution in [2.24, 2.45) is 0 Å². The molecule has 0 aromatic heterocycles. The van der Waals surface area contributed by atoms with Gasteiger partial charge in [-0.1, -0.05) is 0 Å². The maximum absolute atomic E-state index is 14.2. The van der Waals surface area contributed by atoms with Crippen LogP contribution < -0.4 is 15.1 Å². The maximum Gasteiger partial charge on any atom is 0.416 e. The van der Waals surface area contributed by atoms with Crippen molar-refractivity contribution < 1.29 is 13.9 Å². The lowest BCUT2D eigenvalue weighted by molar-refractivity contribution is 0.128. The Morgan fingerprint density at radius 3 is 2.70 bits per heavy atom. The van der Waals surface area contributed by atoms with Crippen LogP contribution in [0.4, 0.5) is 20.6 Å². The van der Waals surface area contributed by atoms with Gasteiger partial charge < -0.3 is 9.64 Å². The highest BCUT2D eigenvalue weighted by atomic mass is 19.1. The zero-order chi connectivity index (χ0) is 14.1. The number of likely N-dealkylation sites (N-methyl/N-ethyl adjacent to an activating group) is 1. The summed E-state index contributed by atoms with van der Waals surface area (Å²) in [4.78, 5) is 15.2. The largest absolute Gasteiger partial charge is 0.428 e. The fourth-order valence-electron chi connectivity index (χ4n) is 2.70. The summed E-state index contributed by atoms with van der Waals surface area (Å²) >= 11 is 0. The summed E-state index contributed by atoms with van der Waals surface area (Å²) in [7, 11) is 1.72. The number of benzene rings is 1. The lowest BCUT2D eigenvalue weighted by atomic mass is 10.2. The van der Waals surface area contributed by atoms with E-state index in [1.54, 1.807) is 19.2 Å². The summed E-state index contributed by atoms with van der Waals surface area (Å²) in [5, 5.41) is 2.88. The van der Waals surface area contributed by atoms with Crippen molar-refractivity contribution in [2.45, 2.75) is 19.1 Å². The molecule has 108 valence electrons. The molecule has 0 spiro atoms. The molecule has 1 amide bonds. The van der Waals surface area contributed by atoms with Crippen LogP contribution in [0.2, 0.25) is 0 Å². The normalized spacial score (nSPS) is 22.5. The van der Waals surface area contributed by atoms with Gasteiger partial charge in [-0.05, 0) is 38.1 Å². The van der Waals surface area contributed by atoms with Crippen molar-refractivity contribution in [3.63, 3.8) is 0 Å². The Hall–Kier alpha value is -1.82. The first kappa shape index (κ1) is 13.2. The van der Waals surface area contributed by atoms with E-state index in [1.165, 1.54) is 11.0 Å². The van der Waals surface area contributed by atoms with E-state index in [2.05, 4.69) is 5.32 Å². The number of halogens is 1. The van der Waals surface area contributed by atoms with Gasteiger partial charge in [0.05, 0.1) is 17.9 Å². The summed E-state index contributed by atoms with van der Waals surface area (Å²) < 4.78 is 19.3. The van der Waals surface area contributed by atoms with E-state index in [0.717, 1.165) is 25.9 Å². The van der Waals surface area contributed by atoms with Crippen molar-refractivity contribution in [3.05, 3.63) is 24.0 Å². The van der Waals surface area contributed by atoms with Gasteiger partial charge in [0.25, 0.3) is 0 Å². The monoisotopic (exact) mass is 279 g/mol. The van der Waals surface area contributed by atoms with Crippen LogP contribution in [-0.2, 0) is 4.74 Å². The van der Waals surface area contributed by atoms with Crippen molar-refractivity contribution in [1.82, 2.24) is 5.32 Å². The first-order valence-electron chi connectivity index (χ1n) is 6.89. The van der Waals surface area contributed by atoms with Crippen LogP contribution >= 0.6 is 0 Å². The molecular weight excluding hydrogens is 261 g/mol. The van der Waals surface area contributed by atoms with Gasteiger partial charge in [0.1, 0.15) is 5.82 Å². The lowest BCUT2D eigenvalue weighted by Gasteiger charge is -2.20. The van der Waals surface area contributed by atoms with Gasteiger partial charge in [-0.15, -0.1) is 0 Å². The molecule has 1 N–H and O–H groups in total. The Morgan fingerprint density at radius 1 is 1.35 bits per heavy atom. The van der Waals surface area contributed by atoms with Crippen LogP contribution in [0.25, 0.3) is 0 Å². The predicted molar refractivity (Wildman–Crippen MR) is 74.5 cm³/mol. The molecule has 2 heterocycles. The number of nitrogens with one attached hydrogen (secondary N) is 1. The SMILES string of the molecule is CN[C@@H]1CN(c2ccc(N3CCCC3)c(F)c2)C(=O)O1. The van der Waals surface area contributed by atoms with Crippen molar-refractivity contribution >= 4 is 17.5 Å². The topological polar surface area (TPSA) is 44.8 Å². The molecule has 1 aromatic rings. The average Bonchev–Trinajstić information content (AvgIpc) is 3.07. The van der Waals surface area contributed by atoms with Crippen molar-refractivity contribution in [3.8, 4) is 0 Å². The molecule has 2 aliphatic rings. The van der Waals surface area contributed by atoms with Gasteiger partial charge in [-0.25, -0.2) is 9.18 Å². The Balaban J connectivity index is 1.81. The molecule has 0 aliphatic carbocycles. The summed E-state index contributed by atoms with van der Waals surface area (Å²) in [5.41, 5.74) is 1.15. The highest BCUT2D eigenvalue weighted by Crippen LogP contribution is 2.29. The fourth-order valence-corrected chi connectivity index (χ4v) is 2.70. The summed E-state index contributed by atoms with van der Waals surface area (Å²) in [6.07, 6.45) is 1.41. The third kappa shape index (κ3) is 2.31. The molecule has 1 aromatic carbocycles. The molecule has 6 heteroatoms. The third-order valence-corrected chi connectivity index (χ3v) is 3.82. The van der Waals surface area contributed by atoms with Gasteiger partial charge in [-0.3, -0.25) is 10.2 Å². The minimum absolute atomic E-state index is 0.287. The van der Waals surface area contributed by atoms with E-state index >= 15 is 0 Å². The smallest absolute Gasteiger partial charge is 0.416 e. The molecule has 0 unspecified atom stereocenters. The Labute approximate surface area is 117 Å². The van der Waals surface area contributed by atoms with Crippen molar-refractivity contribution in [2.75, 3.05) is 36.5 Å². The predicted octanol–water partition coefficient (Wildman–Crippen LogP) is 1.93. The number of carbonyl (C=O) groups excluding carboxylic acids is 1. The molecule has 3 rings (SSSR count). The van der Waals surface area contributed by atoms with Crippen molar-refractivity contribution in [1.29, 1.82) is 0 Å². The molecule has 2 aliphatic heterocycles. The van der Waals surface area contributed by atoms with Crippen LogP contribution in [0.5, 0.6) is 0 Å². The number of cyclic esters (lactones) is 1. The molecule has 0 saturated carbocycles. The molecule has 5 nitrogen and oxygen atoms in total. The third-order valence-electron chi connectivity index (χ3n) is 3.82. The number of nitrogens with zero attached hydrogens (tertiary/aromatic N) is 2. The molecule has 20 heavy (non-hydrogen) atoms. The lowest BCUT2D eigenvalue weighted by Crippen LogP contribution is -2.30. The van der Waals surface area contributed by atoms with Crippen LogP contribution in [0.15, 0.2) is 18.2 Å². The number of amides is 1. The second-order valence-corrected chi connectivity index (χ2v) is 5.10. The molecule has 0 radical (unpaired) electrons. The molecule has 1 atom stereocenters. The maximum atomic E-state index is 14.2. The van der Waals surface area contributed by atoms with E-state index in [-0.39, 0.29) is 12.0 Å². The number of ether oxygens (including phenoxy) is 1. The first-order valence-corrected chi connectivity index (χ1v) is 6.89. The van der Waals surface area contributed by atoms with Crippen LogP contribution in [0.3, 0.4) is 0 Å². The number of anilines is 2. The molecule has 2 saturated heterocycles. The van der Waals surface area contributed by atoms with E-state index in [9.17, 15) is 9.18 Å². The highest BCUT2D eigenvalue weighted by molar-refractivity contribution is 5.90. The standard InChI is InChI=1S/C14H18FN3O2/c1-16-13-9-18(14(19)20-13)10-4-5-12(11(15)8-10)17-6-2-3-7-17/h4-5,8,13,16H,2-3,6-7,9H2,1H3/t13-/m0/s1. The minimum Gasteiger partial charge on any atom is -0.428 e. The van der Waals surface area contributed by atoms with Crippen LogP contribution in [0, 0.1) is 5.82 Å². The minimum atomic E-state index is -0.447. The first-order chi connectivity index (χ1) is 9.69. The Morgan fingerprint density at radius 2 is 2.10 bits per heavy atom. The summed E-state index contributed by atoms with van der Waals surface area (Å²) in [5.74, 6) is -0.287. The van der Waals surface area contributed by atoms with E-state index in [1.807, 2.05) is 4.90 Å². The van der Waals surface area contributed by atoms with Crippen LogP contribution in [0.1, 0.15) is 12.8 Å². The average molecular weight is 279 g/mol.